The van der Waals surface area contributed by atoms with E-state index in [1.165, 1.54) is 12.2 Å². The van der Waals surface area contributed by atoms with Crippen molar-refractivity contribution in [2.24, 2.45) is 0 Å². The molecule has 1 aliphatic heterocycles. The van der Waals surface area contributed by atoms with Gasteiger partial charge >= 0.3 is 0 Å². The van der Waals surface area contributed by atoms with Crippen molar-refractivity contribution in [2.75, 3.05) is 13.7 Å². The molecule has 1 saturated heterocycles. The molecule has 0 aliphatic carbocycles. The van der Waals surface area contributed by atoms with E-state index in [0.29, 0.717) is 6.54 Å². The van der Waals surface area contributed by atoms with E-state index in [9.17, 15) is 20.4 Å². The Labute approximate surface area is 145 Å². The minimum Gasteiger partial charge on any atom is -0.394 e. The summed E-state index contributed by atoms with van der Waals surface area (Å²) in [4.78, 5) is 5.36. The molecule has 3 rings (SSSR count). The maximum absolute atomic E-state index is 10.3. The van der Waals surface area contributed by atoms with E-state index in [1.807, 2.05) is 42.5 Å². The van der Waals surface area contributed by atoms with Crippen LogP contribution in [-0.2, 0) is 16.1 Å². The van der Waals surface area contributed by atoms with E-state index < -0.39 is 37.3 Å². The number of hydrogen-bond acceptors (Lipinski definition) is 7. The van der Waals surface area contributed by atoms with Crippen LogP contribution >= 0.6 is 0 Å². The lowest BCUT2D eigenvalue weighted by Gasteiger charge is -2.43. The molecule has 0 radical (unpaired) electrons. The zero-order chi connectivity index (χ0) is 18.0. The number of aliphatic hydroxyl groups excluding tert-OH is 4. The monoisotopic (exact) mass is 349 g/mol. The Bertz CT molecular complexity index is 704. The Hall–Kier alpha value is -1.58. The molecule has 1 heterocycles. The number of aliphatic hydroxyl groups is 4. The predicted molar refractivity (Wildman–Crippen MR) is 90.3 cm³/mol. The second-order valence-corrected chi connectivity index (χ2v) is 6.12. The number of fused-ring (bicyclic) bond motifs is 1. The standard InChI is InChI=1S/C18H23NO6/c1-24-19(18-17(23)16(22)15(21)14(10-20)25-18)9-12-7-4-6-11-5-2-3-8-13(11)12/h2-8,14-18,20-23H,9-10H2,1H3/t14-,15-,16+,17-,18-/m1/s1. The Morgan fingerprint density at radius 3 is 2.44 bits per heavy atom. The van der Waals surface area contributed by atoms with Crippen LogP contribution in [0.1, 0.15) is 5.56 Å². The van der Waals surface area contributed by atoms with Gasteiger partial charge in [0, 0.05) is 0 Å². The van der Waals surface area contributed by atoms with Crippen LogP contribution in [0.4, 0.5) is 0 Å². The fourth-order valence-corrected chi connectivity index (χ4v) is 3.18. The van der Waals surface area contributed by atoms with Gasteiger partial charge in [0.1, 0.15) is 24.4 Å². The fraction of sp³-hybridized carbons (Fsp3) is 0.444. The number of ether oxygens (including phenoxy) is 1. The molecule has 136 valence electrons. The summed E-state index contributed by atoms with van der Waals surface area (Å²) in [5, 5.41) is 43.0. The first-order valence-electron chi connectivity index (χ1n) is 8.14. The molecule has 2 aromatic rings. The van der Waals surface area contributed by atoms with Crippen LogP contribution in [0.25, 0.3) is 10.8 Å². The minimum atomic E-state index is -1.44. The second kappa shape index (κ2) is 7.76. The van der Waals surface area contributed by atoms with Gasteiger partial charge < -0.3 is 25.2 Å². The molecule has 0 unspecified atom stereocenters. The van der Waals surface area contributed by atoms with E-state index in [2.05, 4.69) is 0 Å². The molecule has 5 atom stereocenters. The highest BCUT2D eigenvalue weighted by molar-refractivity contribution is 5.85. The van der Waals surface area contributed by atoms with Gasteiger partial charge in [0.25, 0.3) is 0 Å². The first kappa shape index (κ1) is 18.2. The highest BCUT2D eigenvalue weighted by atomic mass is 16.7. The van der Waals surface area contributed by atoms with Gasteiger partial charge in [-0.3, -0.25) is 4.84 Å². The third kappa shape index (κ3) is 3.54. The molecule has 25 heavy (non-hydrogen) atoms. The first-order chi connectivity index (χ1) is 12.1. The SMILES string of the molecule is CON(Cc1cccc2ccccc12)[C@@H]1O[C@H](CO)[C@@H](O)[C@H](O)[C@H]1O. The molecule has 2 aromatic carbocycles. The molecule has 0 amide bonds. The van der Waals surface area contributed by atoms with Crippen molar-refractivity contribution in [3.63, 3.8) is 0 Å². The normalized spacial score (nSPS) is 30.1. The average molecular weight is 349 g/mol. The lowest BCUT2D eigenvalue weighted by atomic mass is 9.98. The van der Waals surface area contributed by atoms with Crippen LogP contribution in [0.3, 0.4) is 0 Å². The smallest absolute Gasteiger partial charge is 0.162 e. The zero-order valence-electron chi connectivity index (χ0n) is 13.9. The summed E-state index contributed by atoms with van der Waals surface area (Å²) >= 11 is 0. The molecule has 7 nitrogen and oxygen atoms in total. The van der Waals surface area contributed by atoms with E-state index in [-0.39, 0.29) is 0 Å². The van der Waals surface area contributed by atoms with Crippen LogP contribution in [0.15, 0.2) is 42.5 Å². The van der Waals surface area contributed by atoms with Crippen molar-refractivity contribution in [2.45, 2.75) is 37.2 Å². The second-order valence-electron chi connectivity index (χ2n) is 6.12. The molecule has 0 aromatic heterocycles. The summed E-state index contributed by atoms with van der Waals surface area (Å²) in [5.41, 5.74) is 0.955. The summed E-state index contributed by atoms with van der Waals surface area (Å²) in [5.74, 6) is 0. The molecule has 4 N–H and O–H groups in total. The summed E-state index contributed by atoms with van der Waals surface area (Å²) < 4.78 is 5.56. The lowest BCUT2D eigenvalue weighted by molar-refractivity contribution is -0.331. The Kier molecular flexibility index (Phi) is 5.65. The van der Waals surface area contributed by atoms with E-state index in [4.69, 9.17) is 9.57 Å². The van der Waals surface area contributed by atoms with Crippen LogP contribution in [0.5, 0.6) is 0 Å². The van der Waals surface area contributed by atoms with Crippen LogP contribution in [-0.4, -0.2) is 69.8 Å². The summed E-state index contributed by atoms with van der Waals surface area (Å²) in [6.45, 7) is -0.187. The third-order valence-electron chi connectivity index (χ3n) is 4.59. The lowest BCUT2D eigenvalue weighted by Crippen LogP contribution is -2.62. The minimum absolute atomic E-state index is 0.292. The summed E-state index contributed by atoms with van der Waals surface area (Å²) in [6.07, 6.45) is -6.23. The van der Waals surface area contributed by atoms with Crippen molar-refractivity contribution in [1.82, 2.24) is 5.06 Å². The number of rotatable bonds is 5. The molecular weight excluding hydrogens is 326 g/mol. The summed E-state index contributed by atoms with van der Waals surface area (Å²) in [6, 6.07) is 13.8. The molecule has 1 aliphatic rings. The Balaban J connectivity index is 1.86. The van der Waals surface area contributed by atoms with E-state index >= 15 is 0 Å². The topological polar surface area (TPSA) is 103 Å². The average Bonchev–Trinajstić information content (AvgIpc) is 2.65. The predicted octanol–water partition coefficient (Wildman–Crippen LogP) is 0.00310. The van der Waals surface area contributed by atoms with Crippen molar-refractivity contribution >= 4 is 10.8 Å². The van der Waals surface area contributed by atoms with Gasteiger partial charge in [0.05, 0.1) is 20.3 Å². The Morgan fingerprint density at radius 2 is 1.72 bits per heavy atom. The van der Waals surface area contributed by atoms with Gasteiger partial charge in [0.2, 0.25) is 0 Å². The molecule has 7 heteroatoms. The molecular formula is C18H23NO6. The number of hydroxylamine groups is 2. The van der Waals surface area contributed by atoms with Gasteiger partial charge in [-0.1, -0.05) is 42.5 Å². The number of hydrogen-bond donors (Lipinski definition) is 4. The van der Waals surface area contributed by atoms with Gasteiger partial charge in [-0.15, -0.1) is 0 Å². The van der Waals surface area contributed by atoms with Crippen molar-refractivity contribution in [1.29, 1.82) is 0 Å². The quantitative estimate of drug-likeness (QED) is 0.564. The molecule has 1 fully saturated rings. The largest absolute Gasteiger partial charge is 0.394 e. The van der Waals surface area contributed by atoms with Crippen LogP contribution in [0.2, 0.25) is 0 Å². The maximum Gasteiger partial charge on any atom is 0.162 e. The molecule has 0 bridgehead atoms. The van der Waals surface area contributed by atoms with Gasteiger partial charge in [-0.2, -0.15) is 5.06 Å². The van der Waals surface area contributed by atoms with Gasteiger partial charge in [-0.25, -0.2) is 0 Å². The third-order valence-corrected chi connectivity index (χ3v) is 4.59. The van der Waals surface area contributed by atoms with Crippen molar-refractivity contribution < 1.29 is 30.0 Å². The first-order valence-corrected chi connectivity index (χ1v) is 8.14. The highest BCUT2D eigenvalue weighted by Crippen LogP contribution is 2.27. The zero-order valence-corrected chi connectivity index (χ0v) is 13.9. The van der Waals surface area contributed by atoms with E-state index in [0.717, 1.165) is 16.3 Å². The van der Waals surface area contributed by atoms with E-state index in [1.54, 1.807) is 0 Å². The summed E-state index contributed by atoms with van der Waals surface area (Å²) in [7, 11) is 1.44. The number of nitrogens with zero attached hydrogens (tertiary/aromatic N) is 1. The van der Waals surface area contributed by atoms with Crippen molar-refractivity contribution in [3.05, 3.63) is 48.0 Å². The highest BCUT2D eigenvalue weighted by Gasteiger charge is 2.46. The fourth-order valence-electron chi connectivity index (χ4n) is 3.18. The molecule has 0 spiro atoms. The van der Waals surface area contributed by atoms with Gasteiger partial charge in [-0.05, 0) is 16.3 Å². The van der Waals surface area contributed by atoms with Crippen molar-refractivity contribution in [3.8, 4) is 0 Å². The van der Waals surface area contributed by atoms with Crippen LogP contribution < -0.4 is 0 Å². The molecule has 0 saturated carbocycles. The van der Waals surface area contributed by atoms with Crippen LogP contribution in [0, 0.1) is 0 Å². The number of benzene rings is 2. The van der Waals surface area contributed by atoms with Gasteiger partial charge in [0.15, 0.2) is 6.23 Å². The Morgan fingerprint density at radius 1 is 1.00 bits per heavy atom. The maximum atomic E-state index is 10.3.